The Morgan fingerprint density at radius 2 is 1.79 bits per heavy atom. The van der Waals surface area contributed by atoms with Crippen LogP contribution in [0, 0.1) is 6.92 Å². The molecule has 4 aromatic rings. The fourth-order valence-corrected chi connectivity index (χ4v) is 3.84. The molecule has 0 saturated heterocycles. The van der Waals surface area contributed by atoms with Gasteiger partial charge in [0.25, 0.3) is 0 Å². The second-order valence-electron chi connectivity index (χ2n) is 6.91. The van der Waals surface area contributed by atoms with Crippen LogP contribution in [-0.4, -0.2) is 20.6 Å². The third kappa shape index (κ3) is 2.63. The van der Waals surface area contributed by atoms with E-state index in [1.165, 1.54) is 0 Å². The lowest BCUT2D eigenvalue weighted by Crippen LogP contribution is -2.21. The Bertz CT molecular complexity index is 1160. The number of aromatic hydroxyl groups is 1. The van der Waals surface area contributed by atoms with Gasteiger partial charge in [0.1, 0.15) is 17.6 Å². The van der Waals surface area contributed by atoms with Gasteiger partial charge in [0.2, 0.25) is 0 Å². The fourth-order valence-electron chi connectivity index (χ4n) is 3.84. The Balaban J connectivity index is 1.75. The van der Waals surface area contributed by atoms with E-state index >= 15 is 0 Å². The number of phenolic OH excluding ortho intramolecular Hbond substituents is 1. The number of aryl methyl sites for hydroxylation is 1. The van der Waals surface area contributed by atoms with Crippen LogP contribution in [0.3, 0.4) is 0 Å². The van der Waals surface area contributed by atoms with E-state index in [2.05, 4.69) is 12.1 Å². The number of fused-ring (bicyclic) bond motifs is 1. The Morgan fingerprint density at radius 3 is 2.54 bits per heavy atom. The van der Waals surface area contributed by atoms with Gasteiger partial charge in [-0.1, -0.05) is 42.5 Å². The molecule has 3 heterocycles. The van der Waals surface area contributed by atoms with E-state index in [0.717, 1.165) is 39.7 Å². The van der Waals surface area contributed by atoms with Crippen LogP contribution in [-0.2, 0) is 0 Å². The maximum atomic E-state index is 10.4. The minimum Gasteiger partial charge on any atom is -0.507 e. The SMILES string of the molecule is Cc1nn2c(c1-c1ccccc1)N=C(c1ccccc1O)C[C@@H]2c1ccco1. The average Bonchev–Trinajstić information content (AvgIpc) is 3.35. The highest BCUT2D eigenvalue weighted by molar-refractivity contribution is 6.05. The number of furan rings is 1. The number of rotatable bonds is 3. The summed E-state index contributed by atoms with van der Waals surface area (Å²) in [6, 6.07) is 21.2. The van der Waals surface area contributed by atoms with Gasteiger partial charge < -0.3 is 9.52 Å². The number of phenols is 1. The molecule has 5 nitrogen and oxygen atoms in total. The van der Waals surface area contributed by atoms with Gasteiger partial charge in [0.05, 0.1) is 17.7 Å². The summed E-state index contributed by atoms with van der Waals surface area (Å²) in [5.41, 5.74) is 4.55. The molecule has 138 valence electrons. The molecule has 0 fully saturated rings. The van der Waals surface area contributed by atoms with Gasteiger partial charge in [0, 0.05) is 17.5 Å². The lowest BCUT2D eigenvalue weighted by Gasteiger charge is -2.23. The van der Waals surface area contributed by atoms with Crippen molar-refractivity contribution < 1.29 is 9.52 Å². The van der Waals surface area contributed by atoms with E-state index in [0.29, 0.717) is 6.42 Å². The van der Waals surface area contributed by atoms with Crippen molar-refractivity contribution in [2.24, 2.45) is 4.99 Å². The van der Waals surface area contributed by atoms with Crippen LogP contribution in [0.4, 0.5) is 5.82 Å². The first-order valence-electron chi connectivity index (χ1n) is 9.26. The molecule has 28 heavy (non-hydrogen) atoms. The van der Waals surface area contributed by atoms with Crippen molar-refractivity contribution in [3.8, 4) is 16.9 Å². The Labute approximate surface area is 162 Å². The summed E-state index contributed by atoms with van der Waals surface area (Å²) in [7, 11) is 0. The number of aromatic nitrogens is 2. The highest BCUT2D eigenvalue weighted by atomic mass is 16.3. The van der Waals surface area contributed by atoms with Crippen molar-refractivity contribution in [3.63, 3.8) is 0 Å². The average molecular weight is 369 g/mol. The highest BCUT2D eigenvalue weighted by Gasteiger charge is 2.31. The molecule has 1 aliphatic heterocycles. The zero-order chi connectivity index (χ0) is 19.1. The number of hydrogen-bond donors (Lipinski definition) is 1. The number of nitrogens with zero attached hydrogens (tertiary/aromatic N) is 3. The first-order chi connectivity index (χ1) is 13.7. The van der Waals surface area contributed by atoms with Crippen LogP contribution in [0.1, 0.15) is 29.5 Å². The first-order valence-corrected chi connectivity index (χ1v) is 9.26. The summed E-state index contributed by atoms with van der Waals surface area (Å²) in [4.78, 5) is 4.95. The minimum absolute atomic E-state index is 0.117. The Kier molecular flexibility index (Phi) is 3.86. The lowest BCUT2D eigenvalue weighted by atomic mass is 9.98. The molecule has 1 N–H and O–H groups in total. The second-order valence-corrected chi connectivity index (χ2v) is 6.91. The summed E-state index contributed by atoms with van der Waals surface area (Å²) < 4.78 is 7.67. The molecule has 0 unspecified atom stereocenters. The summed E-state index contributed by atoms with van der Waals surface area (Å²) in [5.74, 6) is 1.84. The van der Waals surface area contributed by atoms with Gasteiger partial charge in [-0.05, 0) is 36.8 Å². The summed E-state index contributed by atoms with van der Waals surface area (Å²) >= 11 is 0. The molecule has 1 atom stereocenters. The van der Waals surface area contributed by atoms with Crippen molar-refractivity contribution >= 4 is 11.5 Å². The lowest BCUT2D eigenvalue weighted by molar-refractivity contribution is 0.409. The second kappa shape index (κ2) is 6.53. The van der Waals surface area contributed by atoms with Gasteiger partial charge >= 0.3 is 0 Å². The number of para-hydroxylation sites is 1. The van der Waals surface area contributed by atoms with Crippen LogP contribution in [0.2, 0.25) is 0 Å². The number of benzene rings is 2. The van der Waals surface area contributed by atoms with Gasteiger partial charge in [-0.15, -0.1) is 0 Å². The number of hydrogen-bond acceptors (Lipinski definition) is 4. The Morgan fingerprint density at radius 1 is 1.00 bits per heavy atom. The maximum absolute atomic E-state index is 10.4. The predicted molar refractivity (Wildman–Crippen MR) is 108 cm³/mol. The van der Waals surface area contributed by atoms with Crippen LogP contribution >= 0.6 is 0 Å². The molecule has 0 aliphatic carbocycles. The fraction of sp³-hybridized carbons (Fsp3) is 0.130. The van der Waals surface area contributed by atoms with Crippen molar-refractivity contribution in [1.82, 2.24) is 9.78 Å². The van der Waals surface area contributed by atoms with E-state index < -0.39 is 0 Å². The van der Waals surface area contributed by atoms with Crippen LogP contribution < -0.4 is 0 Å². The highest BCUT2D eigenvalue weighted by Crippen LogP contribution is 2.42. The van der Waals surface area contributed by atoms with E-state index in [1.54, 1.807) is 12.3 Å². The monoisotopic (exact) mass is 369 g/mol. The molecule has 5 heteroatoms. The maximum Gasteiger partial charge on any atom is 0.159 e. The molecule has 2 aromatic heterocycles. The normalized spacial score (nSPS) is 15.9. The number of aliphatic imine (C=N–C) groups is 1. The minimum atomic E-state index is -0.117. The van der Waals surface area contributed by atoms with Gasteiger partial charge in [-0.25, -0.2) is 9.67 Å². The van der Waals surface area contributed by atoms with Gasteiger partial charge in [-0.2, -0.15) is 5.10 Å². The zero-order valence-electron chi connectivity index (χ0n) is 15.4. The molecule has 0 radical (unpaired) electrons. The molecule has 2 aromatic carbocycles. The summed E-state index contributed by atoms with van der Waals surface area (Å²) in [6.07, 6.45) is 2.27. The van der Waals surface area contributed by atoms with Gasteiger partial charge in [-0.3, -0.25) is 0 Å². The molecule has 5 rings (SSSR count). The first kappa shape index (κ1) is 16.6. The molecular formula is C23H19N3O2. The van der Waals surface area contributed by atoms with Crippen LogP contribution in [0.25, 0.3) is 11.1 Å². The summed E-state index contributed by atoms with van der Waals surface area (Å²) in [5, 5.41) is 15.2. The molecular weight excluding hydrogens is 350 g/mol. The van der Waals surface area contributed by atoms with Gasteiger partial charge in [0.15, 0.2) is 5.82 Å². The van der Waals surface area contributed by atoms with Crippen LogP contribution in [0.5, 0.6) is 5.75 Å². The molecule has 0 bridgehead atoms. The van der Waals surface area contributed by atoms with Crippen molar-refractivity contribution in [1.29, 1.82) is 0 Å². The van der Waals surface area contributed by atoms with Crippen molar-refractivity contribution in [2.45, 2.75) is 19.4 Å². The Hall–Kier alpha value is -3.60. The topological polar surface area (TPSA) is 63.5 Å². The predicted octanol–water partition coefficient (Wildman–Crippen LogP) is 5.27. The smallest absolute Gasteiger partial charge is 0.159 e. The van der Waals surface area contributed by atoms with E-state index in [4.69, 9.17) is 14.5 Å². The molecule has 1 aliphatic rings. The van der Waals surface area contributed by atoms with Crippen LogP contribution in [0.15, 0.2) is 82.4 Å². The van der Waals surface area contributed by atoms with E-state index in [9.17, 15) is 5.11 Å². The largest absolute Gasteiger partial charge is 0.507 e. The van der Waals surface area contributed by atoms with Crippen molar-refractivity contribution in [2.75, 3.05) is 0 Å². The molecule has 0 spiro atoms. The third-order valence-electron chi connectivity index (χ3n) is 5.13. The van der Waals surface area contributed by atoms with Crippen molar-refractivity contribution in [3.05, 3.63) is 90.0 Å². The third-order valence-corrected chi connectivity index (χ3v) is 5.13. The van der Waals surface area contributed by atoms with E-state index in [1.807, 2.05) is 60.1 Å². The molecule has 0 amide bonds. The molecule has 0 saturated carbocycles. The standard InChI is InChI=1S/C23H19N3O2/c1-15-22(16-8-3-2-4-9-16)23-24-18(17-10-5-6-11-20(17)27)14-19(26(23)25-15)21-12-7-13-28-21/h2-13,19,27H,14H2,1H3/t19-/m1/s1. The summed E-state index contributed by atoms with van der Waals surface area (Å²) in [6.45, 7) is 2.00. The van der Waals surface area contributed by atoms with E-state index in [-0.39, 0.29) is 11.8 Å². The quantitative estimate of drug-likeness (QED) is 0.535. The zero-order valence-corrected chi connectivity index (χ0v) is 15.4.